The molecule has 25 heavy (non-hydrogen) atoms. The number of nitrogens with zero attached hydrogens (tertiary/aromatic N) is 4. The molecule has 3 heterocycles. The van der Waals surface area contributed by atoms with Crippen LogP contribution in [0.15, 0.2) is 18.5 Å². The first-order valence-electron chi connectivity index (χ1n) is 8.64. The summed E-state index contributed by atoms with van der Waals surface area (Å²) >= 11 is 6.24. The van der Waals surface area contributed by atoms with Gasteiger partial charge >= 0.3 is 0 Å². The molecule has 0 aliphatic heterocycles. The summed E-state index contributed by atoms with van der Waals surface area (Å²) in [6.07, 6.45) is 6.31. The molecule has 1 fully saturated rings. The average molecular weight is 360 g/mol. The standard InChI is InChI=1S/C17H22ClN7/c1-9(2)25-8-13(14(18)24-25)21-17-22-15-12(6-7-19-15)16(23-17)20-10(3)11-4-5-11/h6-11H,4-5H2,1-3H3,(H3,19,20,21,22,23). The number of aromatic amines is 1. The van der Waals surface area contributed by atoms with Crippen molar-refractivity contribution < 1.29 is 0 Å². The number of anilines is 3. The second-order valence-electron chi connectivity index (χ2n) is 6.94. The molecular formula is C17H22ClN7. The quantitative estimate of drug-likeness (QED) is 0.609. The first-order chi connectivity index (χ1) is 12.0. The molecule has 0 aromatic carbocycles. The van der Waals surface area contributed by atoms with Crippen LogP contribution in [0.2, 0.25) is 5.15 Å². The molecule has 1 aliphatic rings. The van der Waals surface area contributed by atoms with E-state index in [9.17, 15) is 0 Å². The van der Waals surface area contributed by atoms with E-state index in [1.54, 1.807) is 0 Å². The molecule has 132 valence electrons. The zero-order valence-electron chi connectivity index (χ0n) is 14.5. The van der Waals surface area contributed by atoms with Crippen LogP contribution >= 0.6 is 11.6 Å². The van der Waals surface area contributed by atoms with Gasteiger partial charge in [-0.1, -0.05) is 11.6 Å². The summed E-state index contributed by atoms with van der Waals surface area (Å²) in [4.78, 5) is 12.4. The van der Waals surface area contributed by atoms with Gasteiger partial charge in [-0.05, 0) is 45.6 Å². The minimum absolute atomic E-state index is 0.233. The van der Waals surface area contributed by atoms with Gasteiger partial charge in [0.05, 0.1) is 17.3 Å². The lowest BCUT2D eigenvalue weighted by atomic mass is 10.2. The number of H-pyrrole nitrogens is 1. The Morgan fingerprint density at radius 2 is 2.08 bits per heavy atom. The Morgan fingerprint density at radius 1 is 1.28 bits per heavy atom. The van der Waals surface area contributed by atoms with Gasteiger partial charge in [0.1, 0.15) is 11.5 Å². The molecule has 1 atom stereocenters. The Labute approximate surface area is 151 Å². The van der Waals surface area contributed by atoms with Crippen LogP contribution in [-0.2, 0) is 0 Å². The van der Waals surface area contributed by atoms with Crippen LogP contribution in [0, 0.1) is 5.92 Å². The van der Waals surface area contributed by atoms with Crippen LogP contribution in [0.4, 0.5) is 17.5 Å². The molecule has 0 radical (unpaired) electrons. The van der Waals surface area contributed by atoms with Crippen LogP contribution in [0.25, 0.3) is 11.0 Å². The number of hydrogen-bond donors (Lipinski definition) is 3. The molecule has 7 nitrogen and oxygen atoms in total. The second-order valence-corrected chi connectivity index (χ2v) is 7.30. The Balaban J connectivity index is 1.65. The number of nitrogens with one attached hydrogen (secondary N) is 3. The van der Waals surface area contributed by atoms with E-state index in [-0.39, 0.29) is 6.04 Å². The first-order valence-corrected chi connectivity index (χ1v) is 9.02. The summed E-state index contributed by atoms with van der Waals surface area (Å²) in [5.41, 5.74) is 1.48. The van der Waals surface area contributed by atoms with Crippen molar-refractivity contribution in [2.45, 2.75) is 45.7 Å². The first kappa shape index (κ1) is 16.2. The fourth-order valence-corrected chi connectivity index (χ4v) is 3.06. The number of hydrogen-bond acceptors (Lipinski definition) is 5. The van der Waals surface area contributed by atoms with Crippen molar-refractivity contribution in [3.63, 3.8) is 0 Å². The maximum absolute atomic E-state index is 6.24. The summed E-state index contributed by atoms with van der Waals surface area (Å²) in [7, 11) is 0. The maximum atomic E-state index is 6.24. The third-order valence-electron chi connectivity index (χ3n) is 4.57. The molecule has 3 N–H and O–H groups in total. The van der Waals surface area contributed by atoms with Crippen molar-refractivity contribution in [2.24, 2.45) is 5.92 Å². The molecule has 1 saturated carbocycles. The second kappa shape index (κ2) is 6.22. The Hall–Kier alpha value is -2.28. The molecule has 0 bridgehead atoms. The molecular weight excluding hydrogens is 338 g/mol. The Morgan fingerprint density at radius 3 is 2.76 bits per heavy atom. The van der Waals surface area contributed by atoms with Crippen molar-refractivity contribution in [3.8, 4) is 0 Å². The zero-order valence-corrected chi connectivity index (χ0v) is 15.3. The van der Waals surface area contributed by atoms with Crippen LogP contribution in [0.5, 0.6) is 0 Å². The van der Waals surface area contributed by atoms with Gasteiger partial charge in [0.15, 0.2) is 5.15 Å². The van der Waals surface area contributed by atoms with Crippen molar-refractivity contribution >= 4 is 40.1 Å². The predicted molar refractivity (Wildman–Crippen MR) is 101 cm³/mol. The van der Waals surface area contributed by atoms with E-state index in [1.807, 2.05) is 23.1 Å². The summed E-state index contributed by atoms with van der Waals surface area (Å²) in [6, 6.07) is 2.62. The lowest BCUT2D eigenvalue weighted by molar-refractivity contribution is 0.533. The zero-order chi connectivity index (χ0) is 17.6. The molecule has 3 aromatic rings. The van der Waals surface area contributed by atoms with Gasteiger partial charge in [0.25, 0.3) is 0 Å². The molecule has 0 spiro atoms. The van der Waals surface area contributed by atoms with Gasteiger partial charge in [-0.2, -0.15) is 15.1 Å². The lowest BCUT2D eigenvalue weighted by Gasteiger charge is -2.15. The number of rotatable bonds is 6. The average Bonchev–Trinajstić information content (AvgIpc) is 3.20. The predicted octanol–water partition coefficient (Wildman–Crippen LogP) is 4.34. The highest BCUT2D eigenvalue weighted by atomic mass is 35.5. The van der Waals surface area contributed by atoms with E-state index in [0.29, 0.717) is 22.8 Å². The van der Waals surface area contributed by atoms with Crippen molar-refractivity contribution in [1.29, 1.82) is 0 Å². The minimum atomic E-state index is 0.233. The van der Waals surface area contributed by atoms with Gasteiger partial charge < -0.3 is 15.6 Å². The molecule has 0 saturated heterocycles. The molecule has 0 amide bonds. The Bertz CT molecular complexity index is 894. The topological polar surface area (TPSA) is 83.4 Å². The number of fused-ring (bicyclic) bond motifs is 1. The van der Waals surface area contributed by atoms with Gasteiger partial charge in [0, 0.05) is 18.3 Å². The summed E-state index contributed by atoms with van der Waals surface area (Å²) in [5, 5.41) is 12.4. The van der Waals surface area contributed by atoms with Crippen LogP contribution in [-0.4, -0.2) is 30.8 Å². The van der Waals surface area contributed by atoms with E-state index in [4.69, 9.17) is 11.6 Å². The number of halogens is 1. The molecule has 3 aromatic heterocycles. The fourth-order valence-electron chi connectivity index (χ4n) is 2.88. The third-order valence-corrected chi connectivity index (χ3v) is 4.85. The molecule has 1 unspecified atom stereocenters. The summed E-state index contributed by atoms with van der Waals surface area (Å²) in [5.74, 6) is 2.06. The highest BCUT2D eigenvalue weighted by molar-refractivity contribution is 6.32. The van der Waals surface area contributed by atoms with E-state index in [1.165, 1.54) is 12.8 Å². The van der Waals surface area contributed by atoms with Crippen LogP contribution in [0.3, 0.4) is 0 Å². The molecule has 1 aliphatic carbocycles. The van der Waals surface area contributed by atoms with Gasteiger partial charge in [0.2, 0.25) is 5.95 Å². The van der Waals surface area contributed by atoms with Crippen molar-refractivity contribution in [3.05, 3.63) is 23.6 Å². The SMILES string of the molecule is CC(Nc1nc(Nc2cn(C(C)C)nc2Cl)nc2[nH]ccc12)C1CC1. The smallest absolute Gasteiger partial charge is 0.231 e. The van der Waals surface area contributed by atoms with E-state index in [0.717, 1.165) is 22.8 Å². The van der Waals surface area contributed by atoms with Gasteiger partial charge in [-0.15, -0.1) is 0 Å². The summed E-state index contributed by atoms with van der Waals surface area (Å²) in [6.45, 7) is 6.31. The highest BCUT2D eigenvalue weighted by Gasteiger charge is 2.28. The lowest BCUT2D eigenvalue weighted by Crippen LogP contribution is -2.18. The summed E-state index contributed by atoms with van der Waals surface area (Å²) < 4.78 is 1.81. The van der Waals surface area contributed by atoms with Crippen LogP contribution in [0.1, 0.15) is 39.7 Å². The Kier molecular flexibility index (Phi) is 4.03. The highest BCUT2D eigenvalue weighted by Crippen LogP contribution is 2.35. The van der Waals surface area contributed by atoms with Gasteiger partial charge in [-0.25, -0.2) is 0 Å². The molecule has 4 rings (SSSR count). The van der Waals surface area contributed by atoms with E-state index in [2.05, 4.69) is 51.5 Å². The van der Waals surface area contributed by atoms with E-state index >= 15 is 0 Å². The monoisotopic (exact) mass is 359 g/mol. The molecule has 8 heteroatoms. The van der Waals surface area contributed by atoms with Crippen molar-refractivity contribution in [1.82, 2.24) is 24.7 Å². The maximum Gasteiger partial charge on any atom is 0.231 e. The van der Waals surface area contributed by atoms with Crippen LogP contribution < -0.4 is 10.6 Å². The minimum Gasteiger partial charge on any atom is -0.367 e. The fraction of sp³-hybridized carbons (Fsp3) is 0.471. The largest absolute Gasteiger partial charge is 0.367 e. The van der Waals surface area contributed by atoms with Crippen molar-refractivity contribution in [2.75, 3.05) is 10.6 Å². The van der Waals surface area contributed by atoms with E-state index < -0.39 is 0 Å². The normalized spacial score (nSPS) is 15.7. The third kappa shape index (κ3) is 3.28. The number of aromatic nitrogens is 5. The van der Waals surface area contributed by atoms with Gasteiger partial charge in [-0.3, -0.25) is 4.68 Å².